The first-order valence-corrected chi connectivity index (χ1v) is 5.83. The third-order valence-electron chi connectivity index (χ3n) is 2.95. The highest BCUT2D eigenvalue weighted by atomic mass is 19.2. The molecule has 0 amide bonds. The van der Waals surface area contributed by atoms with E-state index in [-0.39, 0.29) is 0 Å². The standard InChI is InChI=1S/C13H16F2N2/c14-11-8-10(4-3-5-16)13(9-12(11)15)17-6-1-2-7-17/h3-4,8-9H,1-2,5-7,16H2/b4-3+. The van der Waals surface area contributed by atoms with Gasteiger partial charge in [-0.2, -0.15) is 0 Å². The second-order valence-corrected chi connectivity index (χ2v) is 4.16. The molecule has 17 heavy (non-hydrogen) atoms. The van der Waals surface area contributed by atoms with Crippen LogP contribution in [0, 0.1) is 11.6 Å². The van der Waals surface area contributed by atoms with Crippen LogP contribution in [0.3, 0.4) is 0 Å². The average Bonchev–Trinajstić information content (AvgIpc) is 2.83. The predicted molar refractivity (Wildman–Crippen MR) is 65.9 cm³/mol. The van der Waals surface area contributed by atoms with Gasteiger partial charge in [0.2, 0.25) is 0 Å². The van der Waals surface area contributed by atoms with Crippen LogP contribution in [0.15, 0.2) is 18.2 Å². The third kappa shape index (κ3) is 2.64. The van der Waals surface area contributed by atoms with Crippen LogP contribution in [-0.2, 0) is 0 Å². The van der Waals surface area contributed by atoms with E-state index in [1.807, 2.05) is 0 Å². The van der Waals surface area contributed by atoms with E-state index in [2.05, 4.69) is 4.90 Å². The number of anilines is 1. The second-order valence-electron chi connectivity index (χ2n) is 4.16. The fraction of sp³-hybridized carbons (Fsp3) is 0.385. The lowest BCUT2D eigenvalue weighted by Crippen LogP contribution is -2.19. The van der Waals surface area contributed by atoms with E-state index >= 15 is 0 Å². The van der Waals surface area contributed by atoms with Gasteiger partial charge in [0, 0.05) is 37.0 Å². The summed E-state index contributed by atoms with van der Waals surface area (Å²) in [4.78, 5) is 2.08. The van der Waals surface area contributed by atoms with Gasteiger partial charge in [-0.3, -0.25) is 0 Å². The Morgan fingerprint density at radius 2 is 1.82 bits per heavy atom. The van der Waals surface area contributed by atoms with Crippen molar-refractivity contribution in [1.29, 1.82) is 0 Å². The van der Waals surface area contributed by atoms with E-state index < -0.39 is 11.6 Å². The van der Waals surface area contributed by atoms with Gasteiger partial charge in [0.15, 0.2) is 11.6 Å². The van der Waals surface area contributed by atoms with Crippen LogP contribution < -0.4 is 10.6 Å². The fourth-order valence-corrected chi connectivity index (χ4v) is 2.11. The lowest BCUT2D eigenvalue weighted by molar-refractivity contribution is 0.508. The molecule has 0 aromatic heterocycles. The van der Waals surface area contributed by atoms with E-state index in [0.29, 0.717) is 12.1 Å². The molecule has 1 aromatic rings. The Hall–Kier alpha value is -1.42. The summed E-state index contributed by atoms with van der Waals surface area (Å²) in [5.41, 5.74) is 6.83. The van der Waals surface area contributed by atoms with Gasteiger partial charge in [0.25, 0.3) is 0 Å². The first-order chi connectivity index (χ1) is 8.22. The Morgan fingerprint density at radius 1 is 1.18 bits per heavy atom. The van der Waals surface area contributed by atoms with Crippen LogP contribution in [0.5, 0.6) is 0 Å². The second kappa shape index (κ2) is 5.27. The van der Waals surface area contributed by atoms with Crippen molar-refractivity contribution in [2.24, 2.45) is 5.73 Å². The molecule has 0 atom stereocenters. The van der Waals surface area contributed by atoms with Crippen molar-refractivity contribution in [3.63, 3.8) is 0 Å². The molecule has 0 radical (unpaired) electrons. The minimum Gasteiger partial charge on any atom is -0.371 e. The highest BCUT2D eigenvalue weighted by Crippen LogP contribution is 2.28. The van der Waals surface area contributed by atoms with Gasteiger partial charge in [-0.1, -0.05) is 12.2 Å². The summed E-state index contributed by atoms with van der Waals surface area (Å²) >= 11 is 0. The van der Waals surface area contributed by atoms with Crippen LogP contribution in [0.2, 0.25) is 0 Å². The summed E-state index contributed by atoms with van der Waals surface area (Å²) in [5, 5.41) is 0. The number of hydrogen-bond acceptors (Lipinski definition) is 2. The summed E-state index contributed by atoms with van der Waals surface area (Å²) in [5.74, 6) is -1.61. The molecular weight excluding hydrogens is 222 g/mol. The molecule has 2 rings (SSSR count). The Labute approximate surface area is 99.7 Å². The summed E-state index contributed by atoms with van der Waals surface area (Å²) < 4.78 is 26.5. The van der Waals surface area contributed by atoms with E-state index in [1.165, 1.54) is 12.1 Å². The summed E-state index contributed by atoms with van der Waals surface area (Å²) in [7, 11) is 0. The lowest BCUT2D eigenvalue weighted by Gasteiger charge is -2.20. The zero-order chi connectivity index (χ0) is 12.3. The van der Waals surface area contributed by atoms with Crippen LogP contribution in [0.25, 0.3) is 6.08 Å². The number of hydrogen-bond donors (Lipinski definition) is 1. The number of nitrogens with two attached hydrogens (primary N) is 1. The normalized spacial score (nSPS) is 16.1. The van der Waals surface area contributed by atoms with Gasteiger partial charge >= 0.3 is 0 Å². The largest absolute Gasteiger partial charge is 0.371 e. The SMILES string of the molecule is NC/C=C/c1cc(F)c(F)cc1N1CCCC1. The first kappa shape index (κ1) is 12.0. The minimum absolute atomic E-state index is 0.387. The molecule has 1 aromatic carbocycles. The molecule has 1 aliphatic heterocycles. The highest BCUT2D eigenvalue weighted by Gasteiger charge is 2.17. The number of rotatable bonds is 3. The van der Waals surface area contributed by atoms with Crippen LogP contribution in [0.1, 0.15) is 18.4 Å². The molecule has 4 heteroatoms. The molecule has 0 aliphatic carbocycles. The highest BCUT2D eigenvalue weighted by molar-refractivity contribution is 5.68. The van der Waals surface area contributed by atoms with Gasteiger partial charge in [0.05, 0.1) is 0 Å². The van der Waals surface area contributed by atoms with E-state index in [9.17, 15) is 8.78 Å². The van der Waals surface area contributed by atoms with Crippen LogP contribution in [0.4, 0.5) is 14.5 Å². The summed E-state index contributed by atoms with van der Waals surface area (Å²) in [6.45, 7) is 2.18. The Bertz CT molecular complexity index is 424. The molecule has 0 bridgehead atoms. The monoisotopic (exact) mass is 238 g/mol. The Balaban J connectivity index is 2.39. The predicted octanol–water partition coefficient (Wildman–Crippen LogP) is 2.54. The van der Waals surface area contributed by atoms with E-state index in [0.717, 1.165) is 31.6 Å². The first-order valence-electron chi connectivity index (χ1n) is 5.83. The van der Waals surface area contributed by atoms with Crippen molar-refractivity contribution in [1.82, 2.24) is 0 Å². The van der Waals surface area contributed by atoms with Crippen molar-refractivity contribution in [2.45, 2.75) is 12.8 Å². The van der Waals surface area contributed by atoms with Gasteiger partial charge in [-0.15, -0.1) is 0 Å². The topological polar surface area (TPSA) is 29.3 Å². The molecule has 2 N–H and O–H groups in total. The van der Waals surface area contributed by atoms with Crippen molar-refractivity contribution >= 4 is 11.8 Å². The smallest absolute Gasteiger partial charge is 0.160 e. The molecule has 1 heterocycles. The molecule has 0 saturated carbocycles. The van der Waals surface area contributed by atoms with Gasteiger partial charge < -0.3 is 10.6 Å². The van der Waals surface area contributed by atoms with Gasteiger partial charge in [0.1, 0.15) is 0 Å². The third-order valence-corrected chi connectivity index (χ3v) is 2.95. The fourth-order valence-electron chi connectivity index (χ4n) is 2.11. The van der Waals surface area contributed by atoms with E-state index in [1.54, 1.807) is 12.2 Å². The minimum atomic E-state index is -0.815. The van der Waals surface area contributed by atoms with Crippen LogP contribution in [-0.4, -0.2) is 19.6 Å². The van der Waals surface area contributed by atoms with Gasteiger partial charge in [-0.25, -0.2) is 8.78 Å². The Kier molecular flexibility index (Phi) is 3.74. The summed E-state index contributed by atoms with van der Waals surface area (Å²) in [6.07, 6.45) is 5.68. The molecule has 0 spiro atoms. The Morgan fingerprint density at radius 3 is 2.47 bits per heavy atom. The molecule has 92 valence electrons. The summed E-state index contributed by atoms with van der Waals surface area (Å²) in [6, 6.07) is 2.51. The quantitative estimate of drug-likeness (QED) is 0.876. The van der Waals surface area contributed by atoms with Crippen molar-refractivity contribution < 1.29 is 8.78 Å². The molecule has 2 nitrogen and oxygen atoms in total. The van der Waals surface area contributed by atoms with Crippen molar-refractivity contribution in [2.75, 3.05) is 24.5 Å². The number of nitrogens with zero attached hydrogens (tertiary/aromatic N) is 1. The molecule has 0 unspecified atom stereocenters. The van der Waals surface area contributed by atoms with Crippen LogP contribution >= 0.6 is 0 Å². The number of halogens is 2. The molecule has 1 aliphatic rings. The average molecular weight is 238 g/mol. The number of benzene rings is 1. The van der Waals surface area contributed by atoms with Crippen molar-refractivity contribution in [3.8, 4) is 0 Å². The maximum Gasteiger partial charge on any atom is 0.160 e. The lowest BCUT2D eigenvalue weighted by atomic mass is 10.1. The maximum atomic E-state index is 13.3. The molecule has 1 fully saturated rings. The zero-order valence-electron chi connectivity index (χ0n) is 9.63. The van der Waals surface area contributed by atoms with Gasteiger partial charge in [-0.05, 0) is 18.9 Å². The molecule has 1 saturated heterocycles. The molecular formula is C13H16F2N2. The van der Waals surface area contributed by atoms with E-state index in [4.69, 9.17) is 5.73 Å². The maximum absolute atomic E-state index is 13.3. The zero-order valence-corrected chi connectivity index (χ0v) is 9.63. The van der Waals surface area contributed by atoms with Crippen molar-refractivity contribution in [3.05, 3.63) is 35.4 Å².